The maximum Gasteiger partial charge on any atom is -0.0291 e. The van der Waals surface area contributed by atoms with Gasteiger partial charge in [0.2, 0.25) is 0 Å². The zero-order valence-corrected chi connectivity index (χ0v) is 9.41. The van der Waals surface area contributed by atoms with Gasteiger partial charge in [-0.3, -0.25) is 0 Å². The van der Waals surface area contributed by atoms with E-state index in [9.17, 15) is 0 Å². The highest BCUT2D eigenvalue weighted by atomic mass is 14.6. The van der Waals surface area contributed by atoms with Gasteiger partial charge in [-0.15, -0.1) is 0 Å². The first kappa shape index (κ1) is 10.1. The molecule has 0 bridgehead atoms. The van der Waals surface area contributed by atoms with Gasteiger partial charge in [-0.05, 0) is 42.4 Å². The Bertz CT molecular complexity index is 138. The van der Waals surface area contributed by atoms with Crippen LogP contribution in [0, 0.1) is 16.7 Å². The fourth-order valence-electron chi connectivity index (χ4n) is 2.18. The third kappa shape index (κ3) is 1.84. The van der Waals surface area contributed by atoms with Crippen molar-refractivity contribution < 1.29 is 0 Å². The molecule has 2 aliphatic carbocycles. The second-order valence-corrected chi connectivity index (χ2v) is 5.47. The summed E-state index contributed by atoms with van der Waals surface area (Å²) in [6, 6.07) is 0. The lowest BCUT2D eigenvalue weighted by atomic mass is 9.61. The highest BCUT2D eigenvalue weighted by Gasteiger charge is 2.55. The second-order valence-electron chi connectivity index (χ2n) is 5.47. The summed E-state index contributed by atoms with van der Waals surface area (Å²) in [5.74, 6) is 1.04. The summed E-state index contributed by atoms with van der Waals surface area (Å²) in [6.45, 7) is 11.1. The molecule has 0 unspecified atom stereocenters. The van der Waals surface area contributed by atoms with Crippen LogP contribution in [0.25, 0.3) is 0 Å². The van der Waals surface area contributed by atoms with E-state index in [0.717, 1.165) is 11.3 Å². The van der Waals surface area contributed by atoms with E-state index in [1.54, 1.807) is 12.8 Å². The Morgan fingerprint density at radius 2 is 1.42 bits per heavy atom. The highest BCUT2D eigenvalue weighted by molar-refractivity contribution is 5.06. The van der Waals surface area contributed by atoms with Crippen LogP contribution >= 0.6 is 0 Å². The first-order chi connectivity index (χ1) is 5.52. The zero-order valence-electron chi connectivity index (χ0n) is 9.41. The van der Waals surface area contributed by atoms with Crippen LogP contribution in [-0.4, -0.2) is 0 Å². The van der Waals surface area contributed by atoms with Crippen molar-refractivity contribution in [2.45, 2.75) is 60.3 Å². The van der Waals surface area contributed by atoms with E-state index in [4.69, 9.17) is 0 Å². The van der Waals surface area contributed by atoms with Crippen LogP contribution in [0.4, 0.5) is 0 Å². The minimum Gasteiger partial charge on any atom is -0.0683 e. The smallest absolute Gasteiger partial charge is 0.0291 e. The Morgan fingerprint density at radius 3 is 1.67 bits per heavy atom. The molecule has 0 nitrogen and oxygen atoms in total. The standard InChI is InChI=1S/C10H18.C2H6/c1-9(2,3)8-6-10(7-8)4-5-10;1-2/h8H,4-7H2,1-3H3;1-2H3. The lowest BCUT2D eigenvalue weighted by molar-refractivity contribution is 0.0596. The second kappa shape index (κ2) is 3.05. The predicted octanol–water partition coefficient (Wildman–Crippen LogP) is 4.25. The maximum absolute atomic E-state index is 2.38. The summed E-state index contributed by atoms with van der Waals surface area (Å²) in [7, 11) is 0. The fraction of sp³-hybridized carbons (Fsp3) is 1.00. The first-order valence-electron chi connectivity index (χ1n) is 5.52. The first-order valence-corrected chi connectivity index (χ1v) is 5.52. The Balaban J connectivity index is 0.000000336. The molecule has 72 valence electrons. The fourth-order valence-corrected chi connectivity index (χ4v) is 2.18. The van der Waals surface area contributed by atoms with E-state index in [2.05, 4.69) is 20.8 Å². The molecule has 0 aliphatic heterocycles. The van der Waals surface area contributed by atoms with Crippen LogP contribution in [-0.2, 0) is 0 Å². The molecule has 2 rings (SSSR count). The van der Waals surface area contributed by atoms with Crippen molar-refractivity contribution in [2.24, 2.45) is 16.7 Å². The summed E-state index contributed by atoms with van der Waals surface area (Å²) in [6.07, 6.45) is 6.16. The van der Waals surface area contributed by atoms with Gasteiger partial charge in [0, 0.05) is 0 Å². The molecule has 2 fully saturated rings. The molecule has 2 saturated carbocycles. The van der Waals surface area contributed by atoms with Crippen LogP contribution in [0.1, 0.15) is 60.3 Å². The van der Waals surface area contributed by atoms with Gasteiger partial charge in [0.1, 0.15) is 0 Å². The van der Waals surface area contributed by atoms with Gasteiger partial charge in [0.05, 0.1) is 0 Å². The molecule has 0 aromatic carbocycles. The highest BCUT2D eigenvalue weighted by Crippen LogP contribution is 2.66. The van der Waals surface area contributed by atoms with Crippen molar-refractivity contribution in [1.82, 2.24) is 0 Å². The minimum absolute atomic E-state index is 0.591. The van der Waals surface area contributed by atoms with Crippen molar-refractivity contribution in [1.29, 1.82) is 0 Å². The van der Waals surface area contributed by atoms with Crippen LogP contribution in [0.5, 0.6) is 0 Å². The lowest BCUT2D eigenvalue weighted by Crippen LogP contribution is -2.34. The predicted molar refractivity (Wildman–Crippen MR) is 55.2 cm³/mol. The monoisotopic (exact) mass is 168 g/mol. The van der Waals surface area contributed by atoms with E-state index < -0.39 is 0 Å². The SMILES string of the molecule is CC.CC(C)(C)C1CC2(CC2)C1. The largest absolute Gasteiger partial charge is 0.0683 e. The topological polar surface area (TPSA) is 0 Å². The molecule has 0 saturated heterocycles. The molecule has 0 heterocycles. The van der Waals surface area contributed by atoms with Crippen molar-refractivity contribution in [3.63, 3.8) is 0 Å². The van der Waals surface area contributed by atoms with E-state index in [0.29, 0.717) is 5.41 Å². The average molecular weight is 168 g/mol. The van der Waals surface area contributed by atoms with Crippen molar-refractivity contribution in [3.05, 3.63) is 0 Å². The van der Waals surface area contributed by atoms with Gasteiger partial charge < -0.3 is 0 Å². The normalized spacial score (nSPS) is 25.8. The van der Waals surface area contributed by atoms with Crippen molar-refractivity contribution >= 4 is 0 Å². The Morgan fingerprint density at radius 1 is 1.00 bits per heavy atom. The molecule has 0 atom stereocenters. The van der Waals surface area contributed by atoms with Gasteiger partial charge in [-0.2, -0.15) is 0 Å². The molecule has 1 spiro atoms. The minimum atomic E-state index is 0.591. The third-order valence-corrected chi connectivity index (χ3v) is 3.54. The van der Waals surface area contributed by atoms with Gasteiger partial charge >= 0.3 is 0 Å². The number of hydrogen-bond acceptors (Lipinski definition) is 0. The summed E-state index contributed by atoms with van der Waals surface area (Å²) in [5, 5.41) is 0. The molecule has 0 amide bonds. The van der Waals surface area contributed by atoms with Crippen LogP contribution in [0.15, 0.2) is 0 Å². The van der Waals surface area contributed by atoms with E-state index in [1.807, 2.05) is 13.8 Å². The summed E-state index contributed by atoms with van der Waals surface area (Å²) < 4.78 is 0. The summed E-state index contributed by atoms with van der Waals surface area (Å²) in [4.78, 5) is 0. The molecule has 12 heavy (non-hydrogen) atoms. The van der Waals surface area contributed by atoms with Gasteiger partial charge in [0.15, 0.2) is 0 Å². The van der Waals surface area contributed by atoms with Crippen LogP contribution in [0.2, 0.25) is 0 Å². The van der Waals surface area contributed by atoms with Crippen molar-refractivity contribution in [2.75, 3.05) is 0 Å². The molecule has 0 radical (unpaired) electrons. The van der Waals surface area contributed by atoms with Gasteiger partial charge in [-0.25, -0.2) is 0 Å². The van der Waals surface area contributed by atoms with Gasteiger partial charge in [0.25, 0.3) is 0 Å². The Kier molecular flexibility index (Phi) is 2.56. The Hall–Kier alpha value is 0. The number of hydrogen-bond donors (Lipinski definition) is 0. The zero-order chi connectivity index (χ0) is 9.41. The molecule has 0 N–H and O–H groups in total. The molecule has 2 aliphatic rings. The molecular weight excluding hydrogens is 144 g/mol. The summed E-state index contributed by atoms with van der Waals surface area (Å²) in [5.41, 5.74) is 1.49. The van der Waals surface area contributed by atoms with Crippen molar-refractivity contribution in [3.8, 4) is 0 Å². The molecule has 0 aromatic heterocycles. The Labute approximate surface area is 77.7 Å². The average Bonchev–Trinajstić information content (AvgIpc) is 2.64. The van der Waals surface area contributed by atoms with E-state index in [1.165, 1.54) is 12.8 Å². The third-order valence-electron chi connectivity index (χ3n) is 3.54. The quantitative estimate of drug-likeness (QED) is 0.507. The van der Waals surface area contributed by atoms with Gasteiger partial charge in [-0.1, -0.05) is 34.6 Å². The maximum atomic E-state index is 2.38. The van der Waals surface area contributed by atoms with Crippen LogP contribution in [0.3, 0.4) is 0 Å². The van der Waals surface area contributed by atoms with E-state index >= 15 is 0 Å². The molecular formula is C12H24. The lowest BCUT2D eigenvalue weighted by Gasteiger charge is -2.44. The number of rotatable bonds is 0. The molecule has 0 heteroatoms. The molecule has 0 aromatic rings. The van der Waals surface area contributed by atoms with E-state index in [-0.39, 0.29) is 0 Å². The van der Waals surface area contributed by atoms with Crippen LogP contribution < -0.4 is 0 Å². The summed E-state index contributed by atoms with van der Waals surface area (Å²) >= 11 is 0.